The first-order valence-electron chi connectivity index (χ1n) is 5.18. The van der Waals surface area contributed by atoms with Gasteiger partial charge in [-0.1, -0.05) is 12.1 Å². The fourth-order valence-electron chi connectivity index (χ4n) is 1.91. The Morgan fingerprint density at radius 1 is 1.00 bits per heavy atom. The molecule has 0 unspecified atom stereocenters. The number of benzene rings is 2. The maximum Gasteiger partial charge on any atom is 0.297 e. The molecule has 0 bridgehead atoms. The first-order chi connectivity index (χ1) is 9.57. The third-order valence-electron chi connectivity index (χ3n) is 2.70. The van der Waals surface area contributed by atoms with E-state index in [-0.39, 0.29) is 10.8 Å². The van der Waals surface area contributed by atoms with Crippen LogP contribution in [0.25, 0.3) is 10.8 Å². The van der Waals surface area contributed by atoms with Crippen LogP contribution in [0, 0.1) is 5.53 Å². The van der Waals surface area contributed by atoms with Crippen molar-refractivity contribution in [1.29, 1.82) is 5.53 Å². The molecule has 0 radical (unpaired) electrons. The molecule has 0 aromatic heterocycles. The maximum atomic E-state index is 11.5. The first-order valence-corrected chi connectivity index (χ1v) is 8.06. The van der Waals surface area contributed by atoms with E-state index in [9.17, 15) is 26.5 Å². The molecule has 4 N–H and O–H groups in total. The lowest BCUT2D eigenvalue weighted by Crippen LogP contribution is -2.05. The predicted octanol–water partition coefficient (Wildman–Crippen LogP) is 1.70. The molecule has 112 valence electrons. The molecular weight excluding hydrogens is 324 g/mol. The number of nitrogens with zero attached hydrogens (tertiary/aromatic N) is 1. The number of fused-ring (bicyclic) bond motifs is 1. The molecule has 0 fully saturated rings. The number of phenols is 1. The fraction of sp³-hybridized carbons (Fsp3) is 0. The molecule has 2 rings (SSSR count). The van der Waals surface area contributed by atoms with Crippen molar-refractivity contribution in [2.45, 2.75) is 9.79 Å². The van der Waals surface area contributed by atoms with Crippen molar-refractivity contribution < 1.29 is 31.0 Å². The smallest absolute Gasteiger partial charge is 0.297 e. The van der Waals surface area contributed by atoms with Gasteiger partial charge in [0.05, 0.1) is 0 Å². The monoisotopic (exact) mass is 332 g/mol. The topological polar surface area (TPSA) is 165 Å². The maximum absolute atomic E-state index is 11.5. The van der Waals surface area contributed by atoms with Crippen LogP contribution in [0.3, 0.4) is 0 Å². The molecule has 0 spiro atoms. The van der Waals surface area contributed by atoms with Crippen molar-refractivity contribution in [3.05, 3.63) is 24.3 Å². The van der Waals surface area contributed by atoms with Gasteiger partial charge in [0.2, 0.25) is 0 Å². The Labute approximate surface area is 118 Å². The van der Waals surface area contributed by atoms with Crippen molar-refractivity contribution >= 4 is 36.7 Å². The molecule has 0 atom stereocenters. The number of hydrogen-bond acceptors (Lipinski definition) is 7. The van der Waals surface area contributed by atoms with Gasteiger partial charge in [0.1, 0.15) is 21.2 Å². The summed E-state index contributed by atoms with van der Waals surface area (Å²) in [4.78, 5) is -2.00. The van der Waals surface area contributed by atoms with Gasteiger partial charge in [-0.2, -0.15) is 21.9 Å². The summed E-state index contributed by atoms with van der Waals surface area (Å²) in [5.74, 6) is -0.473. The number of phenolic OH excluding ortho intramolecular Hbond substituents is 1. The number of hydrogen-bond donors (Lipinski definition) is 4. The van der Waals surface area contributed by atoms with Gasteiger partial charge in [0.25, 0.3) is 20.2 Å². The van der Waals surface area contributed by atoms with E-state index in [1.807, 2.05) is 0 Å². The van der Waals surface area contributed by atoms with Gasteiger partial charge in [-0.05, 0) is 12.1 Å². The summed E-state index contributed by atoms with van der Waals surface area (Å²) >= 11 is 0. The van der Waals surface area contributed by atoms with E-state index in [1.54, 1.807) is 0 Å². The molecule has 11 heteroatoms. The van der Waals surface area contributed by atoms with Crippen LogP contribution in [0.1, 0.15) is 0 Å². The van der Waals surface area contributed by atoms with Crippen LogP contribution in [-0.4, -0.2) is 31.0 Å². The average Bonchev–Trinajstić information content (AvgIpc) is 2.34. The average molecular weight is 332 g/mol. The SMILES string of the molecule is N=Nc1c(S(=O)(=O)O)cc2c(O)cccc2c1S(=O)(=O)O. The molecule has 0 amide bonds. The van der Waals surface area contributed by atoms with Crippen LogP contribution in [0.15, 0.2) is 39.2 Å². The Bertz CT molecular complexity index is 965. The number of aromatic hydroxyl groups is 1. The largest absolute Gasteiger partial charge is 0.507 e. The number of rotatable bonds is 3. The molecule has 0 saturated carbocycles. The van der Waals surface area contributed by atoms with E-state index in [2.05, 4.69) is 5.11 Å². The molecule has 0 aliphatic carbocycles. The van der Waals surface area contributed by atoms with E-state index in [0.29, 0.717) is 0 Å². The molecule has 0 aliphatic heterocycles. The van der Waals surface area contributed by atoms with Gasteiger partial charge in [-0.3, -0.25) is 9.11 Å². The fourth-order valence-corrected chi connectivity index (χ4v) is 3.48. The van der Waals surface area contributed by atoms with E-state index in [1.165, 1.54) is 12.1 Å². The summed E-state index contributed by atoms with van der Waals surface area (Å²) in [5, 5.41) is 12.0. The highest BCUT2D eigenvalue weighted by Gasteiger charge is 2.28. The van der Waals surface area contributed by atoms with Crippen LogP contribution in [-0.2, 0) is 20.2 Å². The molecular formula is C10H8N2O7S2. The standard InChI is InChI=1S/C10H8N2O7S2/c11-12-9-8(20(14,15)16)4-6-5(2-1-3-7(6)13)10(9)21(17,18)19/h1-4,11,13H,(H,14,15,16)(H,17,18,19). The molecule has 2 aromatic rings. The Morgan fingerprint density at radius 2 is 1.62 bits per heavy atom. The van der Waals surface area contributed by atoms with Gasteiger partial charge in [0.15, 0.2) is 0 Å². The summed E-state index contributed by atoms with van der Waals surface area (Å²) in [6.45, 7) is 0. The van der Waals surface area contributed by atoms with E-state index in [4.69, 9.17) is 10.1 Å². The second-order valence-corrected chi connectivity index (χ2v) is 6.73. The highest BCUT2D eigenvalue weighted by molar-refractivity contribution is 7.87. The van der Waals surface area contributed by atoms with Crippen LogP contribution in [0.5, 0.6) is 5.75 Å². The van der Waals surface area contributed by atoms with Gasteiger partial charge >= 0.3 is 0 Å². The van der Waals surface area contributed by atoms with E-state index < -0.39 is 41.5 Å². The zero-order valence-electron chi connectivity index (χ0n) is 10.0. The third kappa shape index (κ3) is 2.58. The minimum absolute atomic E-state index is 0.240. The molecule has 0 saturated heterocycles. The summed E-state index contributed by atoms with van der Waals surface area (Å²) in [6.07, 6.45) is 0. The second kappa shape index (κ2) is 4.73. The van der Waals surface area contributed by atoms with Crippen molar-refractivity contribution in [2.75, 3.05) is 0 Å². The van der Waals surface area contributed by atoms with Gasteiger partial charge in [-0.15, -0.1) is 0 Å². The van der Waals surface area contributed by atoms with E-state index in [0.717, 1.165) is 12.1 Å². The van der Waals surface area contributed by atoms with Gasteiger partial charge < -0.3 is 5.11 Å². The van der Waals surface area contributed by atoms with Gasteiger partial charge in [-0.25, -0.2) is 5.53 Å². The summed E-state index contributed by atoms with van der Waals surface area (Å²) in [5.41, 5.74) is 5.98. The van der Waals surface area contributed by atoms with Crippen molar-refractivity contribution in [3.63, 3.8) is 0 Å². The lowest BCUT2D eigenvalue weighted by molar-refractivity contribution is 0.480. The third-order valence-corrected chi connectivity index (χ3v) is 4.50. The first kappa shape index (κ1) is 15.3. The minimum atomic E-state index is -4.97. The molecule has 21 heavy (non-hydrogen) atoms. The Balaban J connectivity index is 3.24. The summed E-state index contributed by atoms with van der Waals surface area (Å²) < 4.78 is 63.9. The molecule has 2 aromatic carbocycles. The van der Waals surface area contributed by atoms with Crippen molar-refractivity contribution in [1.82, 2.24) is 0 Å². The lowest BCUT2D eigenvalue weighted by atomic mass is 10.1. The minimum Gasteiger partial charge on any atom is -0.507 e. The Kier molecular flexibility index (Phi) is 3.45. The van der Waals surface area contributed by atoms with Crippen molar-refractivity contribution in [3.8, 4) is 5.75 Å². The normalized spacial score (nSPS) is 12.5. The predicted molar refractivity (Wildman–Crippen MR) is 70.0 cm³/mol. The van der Waals surface area contributed by atoms with Crippen LogP contribution < -0.4 is 0 Å². The van der Waals surface area contributed by atoms with Crippen LogP contribution >= 0.6 is 0 Å². The Morgan fingerprint density at radius 3 is 2.10 bits per heavy atom. The van der Waals surface area contributed by atoms with E-state index >= 15 is 0 Å². The lowest BCUT2D eigenvalue weighted by Gasteiger charge is -2.11. The molecule has 0 aliphatic rings. The van der Waals surface area contributed by atoms with Gasteiger partial charge in [0, 0.05) is 10.8 Å². The Hall–Kier alpha value is -2.08. The number of nitrogens with one attached hydrogen (secondary N) is 1. The zero-order chi connectivity index (χ0) is 16.0. The highest BCUT2D eigenvalue weighted by atomic mass is 32.2. The second-order valence-electron chi connectivity index (χ2n) is 3.99. The summed E-state index contributed by atoms with van der Waals surface area (Å²) in [7, 11) is -9.91. The molecule has 0 heterocycles. The van der Waals surface area contributed by atoms with Crippen molar-refractivity contribution in [2.24, 2.45) is 5.11 Å². The van der Waals surface area contributed by atoms with Crippen LogP contribution in [0.4, 0.5) is 5.69 Å². The quantitative estimate of drug-likeness (QED) is 0.490. The highest BCUT2D eigenvalue weighted by Crippen LogP contribution is 2.40. The summed E-state index contributed by atoms with van der Waals surface area (Å²) in [6, 6.07) is 4.36. The zero-order valence-corrected chi connectivity index (χ0v) is 11.7. The van der Waals surface area contributed by atoms with Crippen LogP contribution in [0.2, 0.25) is 0 Å². The molecule has 9 nitrogen and oxygen atoms in total.